The monoisotopic (exact) mass is 434 g/mol. The predicted molar refractivity (Wildman–Crippen MR) is 113 cm³/mol. The lowest BCUT2D eigenvalue weighted by molar-refractivity contribution is -0.131. The molecule has 2 aromatic heterocycles. The van der Waals surface area contributed by atoms with Gasteiger partial charge in [-0.05, 0) is 42.5 Å². The van der Waals surface area contributed by atoms with Crippen molar-refractivity contribution in [2.24, 2.45) is 0 Å². The molecule has 2 heterocycles. The van der Waals surface area contributed by atoms with E-state index in [1.807, 2.05) is 19.2 Å². The maximum atomic E-state index is 12.8. The zero-order valence-electron chi connectivity index (χ0n) is 17.4. The molecule has 6 nitrogen and oxygen atoms in total. The number of amides is 1. The number of nitrogens with one attached hydrogen (secondary N) is 2. The van der Waals surface area contributed by atoms with Crippen LogP contribution in [0.4, 0.5) is 18.9 Å². The number of alkyl halides is 3. The Hall–Kier alpha value is -3.07. The van der Waals surface area contributed by atoms with Crippen LogP contribution in [0.15, 0.2) is 36.8 Å². The molecule has 9 heteroatoms. The third kappa shape index (κ3) is 5.16. The van der Waals surface area contributed by atoms with Gasteiger partial charge in [-0.2, -0.15) is 13.2 Å². The van der Waals surface area contributed by atoms with E-state index in [9.17, 15) is 23.1 Å². The number of pyridine rings is 1. The van der Waals surface area contributed by atoms with Crippen LogP contribution in [0.25, 0.3) is 16.8 Å². The number of halogens is 3. The van der Waals surface area contributed by atoms with Gasteiger partial charge in [-0.15, -0.1) is 0 Å². The molecular formula is C22H25F3N4O2. The van der Waals surface area contributed by atoms with E-state index in [1.54, 1.807) is 36.0 Å². The first-order valence-corrected chi connectivity index (χ1v) is 9.98. The quantitative estimate of drug-likeness (QED) is 0.502. The summed E-state index contributed by atoms with van der Waals surface area (Å²) in [5, 5.41) is 14.9. The summed E-state index contributed by atoms with van der Waals surface area (Å²) < 4.78 is 40.0. The number of imidazole rings is 1. The van der Waals surface area contributed by atoms with Gasteiger partial charge in [-0.25, -0.2) is 4.98 Å². The predicted octanol–water partition coefficient (Wildman–Crippen LogP) is 3.96. The maximum absolute atomic E-state index is 12.8. The molecule has 1 aromatic carbocycles. The minimum Gasteiger partial charge on any atom is -0.396 e. The molecule has 3 aromatic rings. The second-order valence-corrected chi connectivity index (χ2v) is 7.29. The Kier molecular flexibility index (Phi) is 6.84. The Balaban J connectivity index is 2.15. The number of fused-ring (bicyclic) bond motifs is 1. The number of carbonyl (C=O) groups is 1. The third-order valence-corrected chi connectivity index (χ3v) is 5.06. The van der Waals surface area contributed by atoms with Gasteiger partial charge < -0.3 is 20.1 Å². The molecule has 0 saturated heterocycles. The molecule has 166 valence electrons. The number of rotatable bonds is 8. The lowest BCUT2D eigenvalue weighted by atomic mass is 9.93. The first-order valence-electron chi connectivity index (χ1n) is 9.98. The van der Waals surface area contributed by atoms with Crippen molar-refractivity contribution in [2.75, 3.05) is 25.5 Å². The molecular weight excluding hydrogens is 409 g/mol. The van der Waals surface area contributed by atoms with Crippen LogP contribution in [0.2, 0.25) is 0 Å². The second-order valence-electron chi connectivity index (χ2n) is 7.29. The molecule has 3 N–H and O–H groups in total. The van der Waals surface area contributed by atoms with Crippen LogP contribution in [0.5, 0.6) is 0 Å². The number of anilines is 1. The largest absolute Gasteiger partial charge is 0.396 e. The lowest BCUT2D eigenvalue weighted by Crippen LogP contribution is -2.19. The van der Waals surface area contributed by atoms with E-state index >= 15 is 0 Å². The second kappa shape index (κ2) is 9.38. The highest BCUT2D eigenvalue weighted by Crippen LogP contribution is 2.36. The molecule has 0 aliphatic heterocycles. The third-order valence-electron chi connectivity index (χ3n) is 5.06. The van der Waals surface area contributed by atoms with Gasteiger partial charge in [0.1, 0.15) is 0 Å². The normalized spacial score (nSPS) is 11.7. The Morgan fingerprint density at radius 1 is 1.29 bits per heavy atom. The first-order chi connectivity index (χ1) is 14.7. The van der Waals surface area contributed by atoms with E-state index in [0.29, 0.717) is 29.7 Å². The number of hydrogen-bond acceptors (Lipinski definition) is 4. The summed E-state index contributed by atoms with van der Waals surface area (Å²) in [7, 11) is 1.55. The summed E-state index contributed by atoms with van der Waals surface area (Å²) in [5.74, 6) is -0.211. The highest BCUT2D eigenvalue weighted by atomic mass is 19.4. The molecule has 0 bridgehead atoms. The van der Waals surface area contributed by atoms with Crippen molar-refractivity contribution in [1.29, 1.82) is 0 Å². The molecule has 31 heavy (non-hydrogen) atoms. The van der Waals surface area contributed by atoms with Crippen LogP contribution < -0.4 is 10.6 Å². The van der Waals surface area contributed by atoms with E-state index in [-0.39, 0.29) is 19.1 Å². The topological polar surface area (TPSA) is 78.7 Å². The molecule has 0 unspecified atom stereocenters. The molecule has 0 aliphatic rings. The fourth-order valence-electron chi connectivity index (χ4n) is 3.61. The Morgan fingerprint density at radius 3 is 2.71 bits per heavy atom. The van der Waals surface area contributed by atoms with Gasteiger partial charge in [0.2, 0.25) is 0 Å². The minimum absolute atomic E-state index is 0.00707. The van der Waals surface area contributed by atoms with Crippen molar-refractivity contribution in [3.8, 4) is 11.1 Å². The number of aliphatic hydroxyl groups is 1. The summed E-state index contributed by atoms with van der Waals surface area (Å²) in [5.41, 5.74) is 4.63. The fraction of sp³-hybridized carbons (Fsp3) is 0.364. The minimum atomic E-state index is -4.28. The molecule has 1 amide bonds. The number of aromatic nitrogens is 2. The van der Waals surface area contributed by atoms with Crippen LogP contribution in [-0.4, -0.2) is 46.8 Å². The van der Waals surface area contributed by atoms with E-state index in [2.05, 4.69) is 15.6 Å². The number of hydrogen-bond donors (Lipinski definition) is 3. The number of benzene rings is 1. The van der Waals surface area contributed by atoms with Crippen LogP contribution in [0, 0.1) is 6.92 Å². The number of aryl methyl sites for hydroxylation is 2. The van der Waals surface area contributed by atoms with Crippen molar-refractivity contribution in [1.82, 2.24) is 14.7 Å². The van der Waals surface area contributed by atoms with Gasteiger partial charge in [-0.1, -0.05) is 12.1 Å². The Labute approximate surface area is 178 Å². The SMILES string of the molecule is CNC(=O)c1ccc(-c2c(CCCO)cn3ccnc3c2NCCC(F)(F)F)cc1C. The number of carbonyl (C=O) groups excluding carboxylic acids is 1. The molecule has 3 rings (SSSR count). The summed E-state index contributed by atoms with van der Waals surface area (Å²) in [6, 6.07) is 5.33. The molecule has 0 aliphatic carbocycles. The van der Waals surface area contributed by atoms with Gasteiger partial charge in [0.05, 0.1) is 12.1 Å². The highest BCUT2D eigenvalue weighted by molar-refractivity contribution is 5.97. The van der Waals surface area contributed by atoms with Crippen molar-refractivity contribution in [3.05, 3.63) is 53.5 Å². The van der Waals surface area contributed by atoms with Gasteiger partial charge in [0.15, 0.2) is 5.65 Å². The van der Waals surface area contributed by atoms with Gasteiger partial charge in [0, 0.05) is 49.9 Å². The van der Waals surface area contributed by atoms with E-state index in [0.717, 1.165) is 22.3 Å². The summed E-state index contributed by atoms with van der Waals surface area (Å²) in [4.78, 5) is 16.4. The smallest absolute Gasteiger partial charge is 0.390 e. The number of nitrogens with zero attached hydrogens (tertiary/aromatic N) is 2. The Bertz CT molecular complexity index is 1080. The summed E-state index contributed by atoms with van der Waals surface area (Å²) in [6.45, 7) is 1.51. The van der Waals surface area contributed by atoms with Crippen LogP contribution >= 0.6 is 0 Å². The molecule has 0 radical (unpaired) electrons. The molecule has 0 fully saturated rings. The van der Waals surface area contributed by atoms with Gasteiger partial charge in [0.25, 0.3) is 5.91 Å². The highest BCUT2D eigenvalue weighted by Gasteiger charge is 2.27. The van der Waals surface area contributed by atoms with Crippen molar-refractivity contribution < 1.29 is 23.1 Å². The standard InChI is InChI=1S/C22H25F3N4O2/c1-14-12-15(5-6-17(14)21(31)26-2)18-16(4-3-11-30)13-29-10-9-28-20(29)19(18)27-8-7-22(23,24)25/h5-6,9-10,12-13,27,30H,3-4,7-8,11H2,1-2H3,(H,26,31). The van der Waals surface area contributed by atoms with Gasteiger partial charge in [-0.3, -0.25) is 4.79 Å². The molecule has 0 atom stereocenters. The molecule has 0 spiro atoms. The van der Waals surface area contributed by atoms with Crippen molar-refractivity contribution in [2.45, 2.75) is 32.4 Å². The van der Waals surface area contributed by atoms with Crippen molar-refractivity contribution >= 4 is 17.2 Å². The fourth-order valence-corrected chi connectivity index (χ4v) is 3.61. The summed E-state index contributed by atoms with van der Waals surface area (Å²) >= 11 is 0. The molecule has 0 saturated carbocycles. The van der Waals surface area contributed by atoms with E-state index in [4.69, 9.17) is 0 Å². The average Bonchev–Trinajstić information content (AvgIpc) is 3.19. The zero-order chi connectivity index (χ0) is 22.6. The van der Waals surface area contributed by atoms with Crippen LogP contribution in [0.3, 0.4) is 0 Å². The van der Waals surface area contributed by atoms with E-state index in [1.165, 1.54) is 0 Å². The zero-order valence-corrected chi connectivity index (χ0v) is 17.4. The van der Waals surface area contributed by atoms with Crippen LogP contribution in [0.1, 0.15) is 34.3 Å². The van der Waals surface area contributed by atoms with Crippen LogP contribution in [-0.2, 0) is 6.42 Å². The van der Waals surface area contributed by atoms with Gasteiger partial charge >= 0.3 is 6.18 Å². The van der Waals surface area contributed by atoms with E-state index < -0.39 is 12.6 Å². The maximum Gasteiger partial charge on any atom is 0.390 e. The van der Waals surface area contributed by atoms with Crippen molar-refractivity contribution in [3.63, 3.8) is 0 Å². The Morgan fingerprint density at radius 2 is 2.06 bits per heavy atom. The number of aliphatic hydroxyl groups excluding tert-OH is 1. The average molecular weight is 434 g/mol. The summed E-state index contributed by atoms with van der Waals surface area (Å²) in [6.07, 6.45) is 0.979. The lowest BCUT2D eigenvalue weighted by Gasteiger charge is -2.19. The first kappa shape index (κ1) is 22.6.